The van der Waals surface area contributed by atoms with Crippen molar-refractivity contribution in [2.24, 2.45) is 0 Å². The Morgan fingerprint density at radius 1 is 1.04 bits per heavy atom. The van der Waals surface area contributed by atoms with Crippen LogP contribution >= 0.6 is 11.8 Å². The molecule has 0 spiro atoms. The van der Waals surface area contributed by atoms with E-state index < -0.39 is 5.76 Å². The molecular weight excluding hydrogens is 374 g/mol. The molecule has 4 rings (SSSR count). The third-order valence-electron chi connectivity index (χ3n) is 4.04. The molecule has 6 nitrogen and oxygen atoms in total. The summed E-state index contributed by atoms with van der Waals surface area (Å²) in [5.74, 6) is -0.834. The van der Waals surface area contributed by atoms with Crippen molar-refractivity contribution in [1.29, 1.82) is 5.26 Å². The van der Waals surface area contributed by atoms with Gasteiger partial charge in [0.1, 0.15) is 6.07 Å². The van der Waals surface area contributed by atoms with Gasteiger partial charge in [0.2, 0.25) is 0 Å². The molecule has 7 heteroatoms. The number of hydrogen-bond acceptors (Lipinski definition) is 5. The highest BCUT2D eigenvalue weighted by Crippen LogP contribution is 2.33. The van der Waals surface area contributed by atoms with Crippen LogP contribution in [0, 0.1) is 11.3 Å². The van der Waals surface area contributed by atoms with Gasteiger partial charge in [0, 0.05) is 15.5 Å². The van der Waals surface area contributed by atoms with Crippen LogP contribution in [0.5, 0.6) is 0 Å². The Bertz CT molecular complexity index is 1280. The number of carbonyl (C=O) groups excluding carboxylic acids is 1. The fraction of sp³-hybridized carbons (Fsp3) is 0. The van der Waals surface area contributed by atoms with Gasteiger partial charge in [0.05, 0.1) is 16.6 Å². The fourth-order valence-corrected chi connectivity index (χ4v) is 3.76. The monoisotopic (exact) mass is 387 g/mol. The molecule has 1 aromatic heterocycles. The Morgan fingerprint density at radius 3 is 2.61 bits per heavy atom. The van der Waals surface area contributed by atoms with Gasteiger partial charge in [-0.25, -0.2) is 4.79 Å². The lowest BCUT2D eigenvalue weighted by Crippen LogP contribution is -2.12. The van der Waals surface area contributed by atoms with E-state index in [9.17, 15) is 14.9 Å². The van der Waals surface area contributed by atoms with Gasteiger partial charge in [-0.2, -0.15) is 5.26 Å². The molecule has 1 amide bonds. The molecule has 2 N–H and O–H groups in total. The van der Waals surface area contributed by atoms with Crippen molar-refractivity contribution < 1.29 is 9.21 Å². The van der Waals surface area contributed by atoms with Gasteiger partial charge in [-0.15, -0.1) is 0 Å². The van der Waals surface area contributed by atoms with Gasteiger partial charge in [0.15, 0.2) is 5.58 Å². The first-order chi connectivity index (χ1) is 13.6. The molecule has 0 aliphatic heterocycles. The highest BCUT2D eigenvalue weighted by molar-refractivity contribution is 7.99. The number of nitriles is 1. The largest absolute Gasteiger partial charge is 0.417 e. The van der Waals surface area contributed by atoms with Crippen molar-refractivity contribution in [3.63, 3.8) is 0 Å². The van der Waals surface area contributed by atoms with E-state index in [1.165, 1.54) is 11.8 Å². The summed E-state index contributed by atoms with van der Waals surface area (Å²) in [7, 11) is 0. The first-order valence-corrected chi connectivity index (χ1v) is 9.16. The van der Waals surface area contributed by atoms with E-state index in [-0.39, 0.29) is 5.91 Å². The lowest BCUT2D eigenvalue weighted by molar-refractivity contribution is 0.102. The Hall–Kier alpha value is -3.76. The lowest BCUT2D eigenvalue weighted by atomic mass is 10.2. The Kier molecular flexibility index (Phi) is 4.70. The van der Waals surface area contributed by atoms with E-state index in [0.717, 1.165) is 9.79 Å². The number of aromatic amines is 1. The van der Waals surface area contributed by atoms with E-state index in [1.54, 1.807) is 42.5 Å². The van der Waals surface area contributed by atoms with Crippen LogP contribution in [0.25, 0.3) is 11.1 Å². The minimum absolute atomic E-state index is 0.289. The number of nitrogens with zero attached hydrogens (tertiary/aromatic N) is 1. The van der Waals surface area contributed by atoms with Crippen LogP contribution < -0.4 is 11.1 Å². The van der Waals surface area contributed by atoms with Crippen molar-refractivity contribution in [2.75, 3.05) is 5.32 Å². The number of fused-ring (bicyclic) bond motifs is 1. The summed E-state index contributed by atoms with van der Waals surface area (Å²) in [6.45, 7) is 0. The summed E-state index contributed by atoms with van der Waals surface area (Å²) in [5, 5.41) is 12.1. The van der Waals surface area contributed by atoms with Gasteiger partial charge in [-0.3, -0.25) is 9.78 Å². The molecule has 0 saturated carbocycles. The maximum absolute atomic E-state index is 12.8. The quantitative estimate of drug-likeness (QED) is 0.541. The molecule has 0 saturated heterocycles. The molecule has 0 unspecified atom stereocenters. The average Bonchev–Trinajstić information content (AvgIpc) is 3.08. The van der Waals surface area contributed by atoms with Crippen molar-refractivity contribution in [3.05, 3.63) is 88.4 Å². The van der Waals surface area contributed by atoms with Gasteiger partial charge in [-0.05, 0) is 42.5 Å². The number of nitrogens with one attached hydrogen (secondary N) is 2. The summed E-state index contributed by atoms with van der Waals surface area (Å²) >= 11 is 1.36. The number of amides is 1. The number of benzene rings is 3. The topological polar surface area (TPSA) is 98.9 Å². The van der Waals surface area contributed by atoms with E-state index in [4.69, 9.17) is 4.42 Å². The highest BCUT2D eigenvalue weighted by atomic mass is 32.2. The SMILES string of the molecule is N#Cc1ccccc1Sc1ccccc1C(=O)Nc1ccc2oc(=O)[nH]c2c1. The zero-order valence-electron chi connectivity index (χ0n) is 14.4. The lowest BCUT2D eigenvalue weighted by Gasteiger charge is -2.10. The van der Waals surface area contributed by atoms with Crippen LogP contribution in [0.4, 0.5) is 5.69 Å². The molecule has 0 radical (unpaired) electrons. The van der Waals surface area contributed by atoms with Crippen LogP contribution in [0.2, 0.25) is 0 Å². The number of hydrogen-bond donors (Lipinski definition) is 2. The predicted molar refractivity (Wildman–Crippen MR) is 107 cm³/mol. The fourth-order valence-electron chi connectivity index (χ4n) is 2.74. The predicted octanol–water partition coefficient (Wildman–Crippen LogP) is 4.40. The van der Waals surface area contributed by atoms with Crippen LogP contribution in [0.3, 0.4) is 0 Å². The number of carbonyl (C=O) groups is 1. The maximum Gasteiger partial charge on any atom is 0.417 e. The third-order valence-corrected chi connectivity index (χ3v) is 5.19. The number of oxazole rings is 1. The van der Waals surface area contributed by atoms with Gasteiger partial charge < -0.3 is 9.73 Å². The van der Waals surface area contributed by atoms with Crippen LogP contribution in [0.1, 0.15) is 15.9 Å². The number of anilines is 1. The minimum atomic E-state index is -0.545. The van der Waals surface area contributed by atoms with Crippen LogP contribution in [-0.2, 0) is 0 Å². The van der Waals surface area contributed by atoms with Crippen molar-refractivity contribution in [2.45, 2.75) is 9.79 Å². The Labute approximate surface area is 163 Å². The second-order valence-corrected chi connectivity index (χ2v) is 6.97. The van der Waals surface area contributed by atoms with Gasteiger partial charge in [-0.1, -0.05) is 36.0 Å². The van der Waals surface area contributed by atoms with Crippen molar-refractivity contribution in [3.8, 4) is 6.07 Å². The summed E-state index contributed by atoms with van der Waals surface area (Å²) in [4.78, 5) is 28.2. The highest BCUT2D eigenvalue weighted by Gasteiger charge is 2.14. The summed E-state index contributed by atoms with van der Waals surface area (Å²) in [6.07, 6.45) is 0. The summed E-state index contributed by atoms with van der Waals surface area (Å²) < 4.78 is 4.97. The molecule has 0 bridgehead atoms. The smallest absolute Gasteiger partial charge is 0.408 e. The molecule has 28 heavy (non-hydrogen) atoms. The number of rotatable bonds is 4. The molecule has 0 aliphatic carbocycles. The normalized spacial score (nSPS) is 10.5. The second-order valence-electron chi connectivity index (χ2n) is 5.89. The minimum Gasteiger partial charge on any atom is -0.408 e. The number of H-pyrrole nitrogens is 1. The zero-order valence-corrected chi connectivity index (χ0v) is 15.2. The Balaban J connectivity index is 1.62. The van der Waals surface area contributed by atoms with Crippen LogP contribution in [-0.4, -0.2) is 10.9 Å². The van der Waals surface area contributed by atoms with E-state index in [0.29, 0.717) is 27.9 Å². The number of aromatic nitrogens is 1. The van der Waals surface area contributed by atoms with Gasteiger partial charge >= 0.3 is 5.76 Å². The molecule has 3 aromatic carbocycles. The zero-order chi connectivity index (χ0) is 19.5. The Morgan fingerprint density at radius 2 is 1.79 bits per heavy atom. The molecule has 0 aliphatic rings. The maximum atomic E-state index is 12.8. The molecule has 1 heterocycles. The summed E-state index contributed by atoms with van der Waals surface area (Å²) in [5.41, 5.74) is 2.50. The van der Waals surface area contributed by atoms with Crippen molar-refractivity contribution in [1.82, 2.24) is 4.98 Å². The first kappa shape index (κ1) is 17.6. The standard InChI is InChI=1S/C21H13N3O3S/c22-12-13-5-1-3-7-18(13)28-19-8-4-2-6-15(19)20(25)23-14-9-10-17-16(11-14)24-21(26)27-17/h1-11H,(H,23,25)(H,24,26). The molecule has 0 atom stereocenters. The van der Waals surface area contributed by atoms with E-state index in [1.807, 2.05) is 24.3 Å². The molecule has 4 aromatic rings. The molecular formula is C21H13N3O3S. The van der Waals surface area contributed by atoms with Gasteiger partial charge in [0.25, 0.3) is 5.91 Å². The molecule has 0 fully saturated rings. The van der Waals surface area contributed by atoms with Crippen LogP contribution in [0.15, 0.2) is 85.7 Å². The van der Waals surface area contributed by atoms with E-state index >= 15 is 0 Å². The average molecular weight is 387 g/mol. The van der Waals surface area contributed by atoms with Crippen molar-refractivity contribution >= 4 is 34.5 Å². The third kappa shape index (κ3) is 3.54. The molecule has 136 valence electrons. The first-order valence-electron chi connectivity index (χ1n) is 8.34. The second kappa shape index (κ2) is 7.47. The van der Waals surface area contributed by atoms with E-state index in [2.05, 4.69) is 16.4 Å². The summed E-state index contributed by atoms with van der Waals surface area (Å²) in [6, 6.07) is 21.5.